The van der Waals surface area contributed by atoms with Gasteiger partial charge >= 0.3 is 5.69 Å². The molecule has 30 heavy (non-hydrogen) atoms. The van der Waals surface area contributed by atoms with Crippen LogP contribution in [0.2, 0.25) is 0 Å². The monoisotopic (exact) mass is 425 g/mol. The zero-order valence-corrected chi connectivity index (χ0v) is 18.2. The highest BCUT2D eigenvalue weighted by molar-refractivity contribution is 7.17. The first-order chi connectivity index (χ1) is 14.5. The Hall–Kier alpha value is -2.67. The lowest BCUT2D eigenvalue weighted by Gasteiger charge is -2.27. The minimum atomic E-state index is -0.250. The van der Waals surface area contributed by atoms with E-state index < -0.39 is 0 Å². The van der Waals surface area contributed by atoms with Crippen LogP contribution in [0.3, 0.4) is 0 Å². The lowest BCUT2D eigenvalue weighted by molar-refractivity contribution is -0.125. The number of hydrogen-bond acceptors (Lipinski definition) is 4. The topological polar surface area (TPSA) is 73.1 Å². The number of aryl methyl sites for hydroxylation is 1. The third-order valence-corrected chi connectivity index (χ3v) is 7.09. The molecule has 0 saturated heterocycles. The molecule has 0 atom stereocenters. The molecule has 1 aromatic carbocycles. The van der Waals surface area contributed by atoms with E-state index in [1.165, 1.54) is 21.5 Å². The van der Waals surface area contributed by atoms with E-state index in [1.54, 1.807) is 11.6 Å². The molecule has 2 aromatic heterocycles. The zero-order chi connectivity index (χ0) is 21.3. The summed E-state index contributed by atoms with van der Waals surface area (Å²) in [6.45, 7) is 2.89. The summed E-state index contributed by atoms with van der Waals surface area (Å²) in [6, 6.07) is 9.97. The van der Waals surface area contributed by atoms with Gasteiger partial charge in [-0.3, -0.25) is 18.7 Å². The maximum absolute atomic E-state index is 13.3. The maximum atomic E-state index is 13.3. The number of nitrogens with zero attached hydrogens (tertiary/aromatic N) is 2. The molecule has 6 nitrogen and oxygen atoms in total. The van der Waals surface area contributed by atoms with Crippen LogP contribution in [0.15, 0.2) is 45.3 Å². The molecule has 0 unspecified atom stereocenters. The van der Waals surface area contributed by atoms with E-state index in [4.69, 9.17) is 0 Å². The van der Waals surface area contributed by atoms with Crippen LogP contribution >= 0.6 is 11.3 Å². The largest absolute Gasteiger partial charge is 0.359 e. The number of hydrogen-bond donors (Lipinski definition) is 1. The molecule has 1 fully saturated rings. The van der Waals surface area contributed by atoms with Crippen LogP contribution in [-0.2, 0) is 17.9 Å². The van der Waals surface area contributed by atoms with Gasteiger partial charge < -0.3 is 5.32 Å². The number of nitrogens with one attached hydrogen (secondary N) is 1. The van der Waals surface area contributed by atoms with Crippen LogP contribution in [0.25, 0.3) is 10.2 Å². The summed E-state index contributed by atoms with van der Waals surface area (Å²) in [4.78, 5) is 38.3. The van der Waals surface area contributed by atoms with E-state index in [9.17, 15) is 14.4 Å². The number of rotatable bonds is 5. The third-order valence-electron chi connectivity index (χ3n) is 6.20. The second-order valence-corrected chi connectivity index (χ2v) is 9.15. The predicted molar refractivity (Wildman–Crippen MR) is 120 cm³/mol. The number of benzene rings is 1. The molecule has 0 radical (unpaired) electrons. The van der Waals surface area contributed by atoms with Crippen LogP contribution in [0.5, 0.6) is 0 Å². The fraction of sp³-hybridized carbons (Fsp3) is 0.435. The summed E-state index contributed by atoms with van der Waals surface area (Å²) < 4.78 is 3.76. The first kappa shape index (κ1) is 20.6. The molecule has 0 spiro atoms. The smallest absolute Gasteiger partial charge is 0.331 e. The average Bonchev–Trinajstić information content (AvgIpc) is 3.25. The molecule has 3 aromatic rings. The van der Waals surface area contributed by atoms with E-state index in [1.807, 2.05) is 42.6 Å². The molecule has 0 bridgehead atoms. The lowest BCUT2D eigenvalue weighted by atomic mass is 9.81. The van der Waals surface area contributed by atoms with Crippen molar-refractivity contribution >= 4 is 27.5 Å². The average molecular weight is 426 g/mol. The summed E-state index contributed by atoms with van der Waals surface area (Å²) in [7, 11) is 1.67. The second kappa shape index (κ2) is 8.60. The summed E-state index contributed by atoms with van der Waals surface area (Å²) in [5.74, 6) is 0.369. The minimum absolute atomic E-state index is 0.0425. The van der Waals surface area contributed by atoms with Crippen molar-refractivity contribution in [3.8, 4) is 0 Å². The van der Waals surface area contributed by atoms with E-state index in [0.29, 0.717) is 23.3 Å². The van der Waals surface area contributed by atoms with Gasteiger partial charge in [0.2, 0.25) is 5.91 Å². The van der Waals surface area contributed by atoms with E-state index in [-0.39, 0.29) is 29.0 Å². The van der Waals surface area contributed by atoms with Crippen LogP contribution in [-0.4, -0.2) is 22.1 Å². The summed E-state index contributed by atoms with van der Waals surface area (Å²) in [6.07, 6.45) is 3.31. The van der Waals surface area contributed by atoms with Crippen molar-refractivity contribution in [2.45, 2.75) is 45.7 Å². The molecule has 2 heterocycles. The number of aromatic nitrogens is 2. The molecule has 1 aliphatic carbocycles. The van der Waals surface area contributed by atoms with Crippen LogP contribution in [0.1, 0.15) is 36.8 Å². The normalized spacial score (nSPS) is 19.1. The molecule has 4 rings (SSSR count). The van der Waals surface area contributed by atoms with Crippen molar-refractivity contribution in [1.29, 1.82) is 0 Å². The zero-order valence-electron chi connectivity index (χ0n) is 17.4. The second-order valence-electron chi connectivity index (χ2n) is 8.24. The van der Waals surface area contributed by atoms with E-state index in [2.05, 4.69) is 5.32 Å². The predicted octanol–water partition coefficient (Wildman–Crippen LogP) is 3.13. The summed E-state index contributed by atoms with van der Waals surface area (Å²) in [5, 5.41) is 4.59. The van der Waals surface area contributed by atoms with Crippen molar-refractivity contribution in [2.24, 2.45) is 11.8 Å². The maximum Gasteiger partial charge on any atom is 0.331 e. The van der Waals surface area contributed by atoms with E-state index in [0.717, 1.165) is 31.2 Å². The first-order valence-electron chi connectivity index (χ1n) is 10.5. The Morgan fingerprint density at radius 2 is 1.77 bits per heavy atom. The SMILES string of the molecule is CNC(=O)C1CCC(Cn2c(=O)c3sccc3n(Cc3ccc(C)cc3)c2=O)CC1. The number of thiophene rings is 1. The van der Waals surface area contributed by atoms with Gasteiger partial charge in [-0.2, -0.15) is 0 Å². The van der Waals surface area contributed by atoms with Gasteiger partial charge in [-0.1, -0.05) is 29.8 Å². The number of amides is 1. The number of fused-ring (bicyclic) bond motifs is 1. The Morgan fingerprint density at radius 1 is 1.07 bits per heavy atom. The molecule has 1 saturated carbocycles. The van der Waals surface area contributed by atoms with Gasteiger partial charge in [-0.25, -0.2) is 4.79 Å². The molecule has 1 aliphatic rings. The Bertz CT molecular complexity index is 1170. The Morgan fingerprint density at radius 3 is 2.43 bits per heavy atom. The van der Waals surface area contributed by atoms with Crippen LogP contribution in [0, 0.1) is 18.8 Å². The van der Waals surface area contributed by atoms with Gasteiger partial charge in [0.25, 0.3) is 5.56 Å². The van der Waals surface area contributed by atoms with Gasteiger partial charge in [-0.05, 0) is 55.5 Å². The van der Waals surface area contributed by atoms with Gasteiger partial charge in [0.15, 0.2) is 0 Å². The van der Waals surface area contributed by atoms with Crippen molar-refractivity contribution < 1.29 is 4.79 Å². The Kier molecular flexibility index (Phi) is 5.90. The van der Waals surface area contributed by atoms with Crippen molar-refractivity contribution in [3.05, 3.63) is 67.7 Å². The first-order valence-corrected chi connectivity index (χ1v) is 11.3. The highest BCUT2D eigenvalue weighted by Crippen LogP contribution is 2.29. The van der Waals surface area contributed by atoms with Crippen molar-refractivity contribution in [2.75, 3.05) is 7.05 Å². The molecule has 1 N–H and O–H groups in total. The van der Waals surface area contributed by atoms with Gasteiger partial charge in [-0.15, -0.1) is 11.3 Å². The van der Waals surface area contributed by atoms with Crippen molar-refractivity contribution in [3.63, 3.8) is 0 Å². The Balaban J connectivity index is 1.64. The molecular formula is C23H27N3O3S. The quantitative estimate of drug-likeness (QED) is 0.683. The highest BCUT2D eigenvalue weighted by Gasteiger charge is 2.27. The molecule has 158 valence electrons. The van der Waals surface area contributed by atoms with Crippen molar-refractivity contribution in [1.82, 2.24) is 14.5 Å². The van der Waals surface area contributed by atoms with E-state index >= 15 is 0 Å². The van der Waals surface area contributed by atoms with Gasteiger partial charge in [0.1, 0.15) is 4.70 Å². The molecule has 0 aliphatic heterocycles. The standard InChI is InChI=1S/C23H27N3O3S/c1-15-3-5-16(6-4-15)13-25-19-11-12-30-20(19)22(28)26(23(25)29)14-17-7-9-18(10-8-17)21(27)24-2/h3-6,11-12,17-18H,7-10,13-14H2,1-2H3,(H,24,27). The highest BCUT2D eigenvalue weighted by atomic mass is 32.1. The van der Waals surface area contributed by atoms with Crippen LogP contribution in [0.4, 0.5) is 0 Å². The molecule has 1 amide bonds. The summed E-state index contributed by atoms with van der Waals surface area (Å²) >= 11 is 1.39. The molecule has 7 heteroatoms. The van der Waals surface area contributed by atoms with Crippen LogP contribution < -0.4 is 16.6 Å². The number of carbonyl (C=O) groups is 1. The summed E-state index contributed by atoms with van der Waals surface area (Å²) in [5.41, 5.74) is 2.46. The molecular weight excluding hydrogens is 398 g/mol. The lowest BCUT2D eigenvalue weighted by Crippen LogP contribution is -2.42. The Labute approximate surface area is 179 Å². The fourth-order valence-electron chi connectivity index (χ4n) is 4.39. The van der Waals surface area contributed by atoms with Gasteiger partial charge in [0.05, 0.1) is 12.1 Å². The van der Waals surface area contributed by atoms with Gasteiger partial charge in [0, 0.05) is 19.5 Å². The minimum Gasteiger partial charge on any atom is -0.359 e. The third kappa shape index (κ3) is 3.99. The fourth-order valence-corrected chi connectivity index (χ4v) is 5.24. The number of carbonyl (C=O) groups excluding carboxylic acids is 1.